The Morgan fingerprint density at radius 1 is 1.24 bits per heavy atom. The third kappa shape index (κ3) is 3.49. The smallest absolute Gasteiger partial charge is 0.0304 e. The molecule has 0 aromatic heterocycles. The van der Waals surface area contributed by atoms with E-state index in [1.165, 1.54) is 19.3 Å². The number of nitrogens with two attached hydrogens (primary N) is 1. The Morgan fingerprint density at radius 2 is 1.90 bits per heavy atom. The molecule has 2 N–H and O–H groups in total. The first-order chi connectivity index (χ1) is 10.0. The van der Waals surface area contributed by atoms with Gasteiger partial charge in [0.2, 0.25) is 0 Å². The Morgan fingerprint density at radius 3 is 2.57 bits per heavy atom. The van der Waals surface area contributed by atoms with Crippen LogP contribution in [0.3, 0.4) is 0 Å². The van der Waals surface area contributed by atoms with Crippen molar-refractivity contribution in [2.75, 3.05) is 13.1 Å². The lowest BCUT2D eigenvalue weighted by Gasteiger charge is -2.43. The van der Waals surface area contributed by atoms with Crippen LogP contribution in [0.25, 0.3) is 0 Å². The average Bonchev–Trinajstić information content (AvgIpc) is 2.48. The van der Waals surface area contributed by atoms with Gasteiger partial charge in [0.1, 0.15) is 0 Å². The number of hydrogen-bond acceptors (Lipinski definition) is 2. The maximum atomic E-state index is 6.65. The molecule has 21 heavy (non-hydrogen) atoms. The number of nitrogens with zero attached hydrogens (tertiary/aromatic N) is 1. The summed E-state index contributed by atoms with van der Waals surface area (Å²) in [6.07, 6.45) is 4.93. The predicted molar refractivity (Wildman–Crippen MR) is 91.7 cm³/mol. The molecular weight excluding hydrogens is 256 g/mol. The fraction of sp³-hybridized carbons (Fsp3) is 0.684. The van der Waals surface area contributed by atoms with Crippen molar-refractivity contribution in [3.05, 3.63) is 35.4 Å². The van der Waals surface area contributed by atoms with Crippen molar-refractivity contribution < 1.29 is 0 Å². The molecule has 0 amide bonds. The zero-order chi connectivity index (χ0) is 15.5. The fourth-order valence-electron chi connectivity index (χ4n) is 3.97. The lowest BCUT2D eigenvalue weighted by Crippen LogP contribution is -2.56. The Hall–Kier alpha value is -0.860. The van der Waals surface area contributed by atoms with Crippen molar-refractivity contribution >= 4 is 0 Å². The van der Waals surface area contributed by atoms with E-state index in [1.807, 2.05) is 0 Å². The zero-order valence-corrected chi connectivity index (χ0v) is 14.2. The van der Waals surface area contributed by atoms with E-state index in [1.54, 1.807) is 11.1 Å². The summed E-state index contributed by atoms with van der Waals surface area (Å²) in [4.78, 5) is 2.49. The second-order valence-corrected chi connectivity index (χ2v) is 6.96. The van der Waals surface area contributed by atoms with Crippen molar-refractivity contribution in [1.82, 2.24) is 4.90 Å². The molecular formula is C19H32N2. The number of hydrogen-bond donors (Lipinski definition) is 1. The molecule has 2 rings (SSSR count). The van der Waals surface area contributed by atoms with Crippen molar-refractivity contribution in [3.63, 3.8) is 0 Å². The molecule has 0 bridgehead atoms. The molecule has 2 nitrogen and oxygen atoms in total. The van der Waals surface area contributed by atoms with E-state index >= 15 is 0 Å². The molecule has 0 heterocycles. The Balaban J connectivity index is 2.12. The van der Waals surface area contributed by atoms with Crippen molar-refractivity contribution in [2.24, 2.45) is 5.73 Å². The summed E-state index contributed by atoms with van der Waals surface area (Å²) in [5.41, 5.74) is 9.81. The van der Waals surface area contributed by atoms with Gasteiger partial charge in [0, 0.05) is 11.6 Å². The number of benzene rings is 1. The highest BCUT2D eigenvalue weighted by molar-refractivity contribution is 5.32. The molecule has 0 aliphatic heterocycles. The van der Waals surface area contributed by atoms with Crippen LogP contribution in [0.4, 0.5) is 0 Å². The third-order valence-corrected chi connectivity index (χ3v) is 5.52. The normalized spacial score (nSPS) is 20.4. The summed E-state index contributed by atoms with van der Waals surface area (Å²) in [5.74, 6) is 0.639. The van der Waals surface area contributed by atoms with Crippen molar-refractivity contribution in [2.45, 2.75) is 70.9 Å². The van der Waals surface area contributed by atoms with Crippen LogP contribution in [0.15, 0.2) is 24.3 Å². The van der Waals surface area contributed by atoms with Crippen LogP contribution in [0.1, 0.15) is 64.0 Å². The van der Waals surface area contributed by atoms with Gasteiger partial charge in [-0.25, -0.2) is 0 Å². The zero-order valence-electron chi connectivity index (χ0n) is 14.2. The van der Waals surface area contributed by atoms with E-state index in [4.69, 9.17) is 5.73 Å². The highest BCUT2D eigenvalue weighted by Gasteiger charge is 2.34. The summed E-state index contributed by atoms with van der Waals surface area (Å²) in [6, 6.07) is 9.17. The summed E-state index contributed by atoms with van der Waals surface area (Å²) in [7, 11) is 0. The van der Waals surface area contributed by atoms with E-state index in [-0.39, 0.29) is 11.6 Å². The Labute approximate surface area is 130 Å². The SMILES string of the molecule is CCN(CC)C(C)(C)C(N)CC1CCCc2ccccc21. The predicted octanol–water partition coefficient (Wildman–Crippen LogP) is 3.94. The Kier molecular flexibility index (Phi) is 5.45. The van der Waals surface area contributed by atoms with E-state index in [0.29, 0.717) is 5.92 Å². The molecule has 1 aliphatic rings. The van der Waals surface area contributed by atoms with Crippen LogP contribution in [0.2, 0.25) is 0 Å². The highest BCUT2D eigenvalue weighted by atomic mass is 15.2. The van der Waals surface area contributed by atoms with Crippen LogP contribution in [-0.2, 0) is 6.42 Å². The lowest BCUT2D eigenvalue weighted by molar-refractivity contribution is 0.0993. The number of aryl methyl sites for hydroxylation is 1. The van der Waals surface area contributed by atoms with Gasteiger partial charge in [-0.1, -0.05) is 38.1 Å². The van der Waals surface area contributed by atoms with E-state index < -0.39 is 0 Å². The molecule has 118 valence electrons. The Bertz CT molecular complexity index is 449. The van der Waals surface area contributed by atoms with E-state index in [9.17, 15) is 0 Å². The quantitative estimate of drug-likeness (QED) is 0.859. The molecule has 0 fully saturated rings. The average molecular weight is 288 g/mol. The molecule has 2 unspecified atom stereocenters. The van der Waals surface area contributed by atoms with Crippen LogP contribution in [0, 0.1) is 0 Å². The first-order valence-electron chi connectivity index (χ1n) is 8.59. The largest absolute Gasteiger partial charge is 0.326 e. The van der Waals surface area contributed by atoms with Crippen LogP contribution in [0.5, 0.6) is 0 Å². The van der Waals surface area contributed by atoms with Gasteiger partial charge in [0.05, 0.1) is 0 Å². The molecule has 0 radical (unpaired) electrons. The van der Waals surface area contributed by atoms with Gasteiger partial charge < -0.3 is 5.73 Å². The van der Waals surface area contributed by atoms with Gasteiger partial charge in [-0.3, -0.25) is 4.90 Å². The molecule has 1 aromatic carbocycles. The summed E-state index contributed by atoms with van der Waals surface area (Å²) >= 11 is 0. The summed E-state index contributed by atoms with van der Waals surface area (Å²) < 4.78 is 0. The number of rotatable bonds is 6. The first-order valence-corrected chi connectivity index (χ1v) is 8.59. The van der Waals surface area contributed by atoms with E-state index in [2.05, 4.69) is 56.9 Å². The second kappa shape index (κ2) is 6.93. The van der Waals surface area contributed by atoms with E-state index in [0.717, 1.165) is 19.5 Å². The summed E-state index contributed by atoms with van der Waals surface area (Å²) in [5, 5.41) is 0. The molecule has 2 atom stereocenters. The van der Waals surface area contributed by atoms with Gasteiger partial charge in [0.25, 0.3) is 0 Å². The minimum absolute atomic E-state index is 0.0654. The maximum absolute atomic E-state index is 6.65. The van der Waals surface area contributed by atoms with Gasteiger partial charge in [-0.05, 0) is 69.7 Å². The highest BCUT2D eigenvalue weighted by Crippen LogP contribution is 2.36. The minimum atomic E-state index is 0.0654. The first kappa shape index (κ1) is 16.5. The molecule has 0 spiro atoms. The summed E-state index contributed by atoms with van der Waals surface area (Å²) in [6.45, 7) is 11.2. The number of fused-ring (bicyclic) bond motifs is 1. The fourth-order valence-corrected chi connectivity index (χ4v) is 3.97. The van der Waals surface area contributed by atoms with Crippen molar-refractivity contribution in [1.29, 1.82) is 0 Å². The molecule has 0 saturated heterocycles. The van der Waals surface area contributed by atoms with Gasteiger partial charge in [-0.2, -0.15) is 0 Å². The monoisotopic (exact) mass is 288 g/mol. The second-order valence-electron chi connectivity index (χ2n) is 6.96. The third-order valence-electron chi connectivity index (χ3n) is 5.52. The van der Waals surface area contributed by atoms with Gasteiger partial charge in [-0.15, -0.1) is 0 Å². The minimum Gasteiger partial charge on any atom is -0.326 e. The van der Waals surface area contributed by atoms with Gasteiger partial charge in [0.15, 0.2) is 0 Å². The molecule has 0 saturated carbocycles. The van der Waals surface area contributed by atoms with Crippen LogP contribution < -0.4 is 5.73 Å². The lowest BCUT2D eigenvalue weighted by atomic mass is 9.76. The number of likely N-dealkylation sites (N-methyl/N-ethyl adjacent to an activating group) is 1. The molecule has 1 aliphatic carbocycles. The molecule has 1 aromatic rings. The van der Waals surface area contributed by atoms with Gasteiger partial charge >= 0.3 is 0 Å². The van der Waals surface area contributed by atoms with Crippen LogP contribution in [-0.4, -0.2) is 29.6 Å². The van der Waals surface area contributed by atoms with Crippen LogP contribution >= 0.6 is 0 Å². The molecule has 2 heteroatoms. The maximum Gasteiger partial charge on any atom is 0.0304 e. The topological polar surface area (TPSA) is 29.3 Å². The standard InChI is InChI=1S/C19H32N2/c1-5-21(6-2)19(3,4)18(20)14-16-12-9-11-15-10-7-8-13-17(15)16/h7-8,10,13,16,18H,5-6,9,11-12,14,20H2,1-4H3. The van der Waals surface area contributed by atoms with Crippen molar-refractivity contribution in [3.8, 4) is 0 Å².